The average molecular weight is 253 g/mol. The fourth-order valence-corrected chi connectivity index (χ4v) is 1.54. The molecule has 1 atom stereocenters. The van der Waals surface area contributed by atoms with Gasteiger partial charge in [0.15, 0.2) is 0 Å². The first-order valence-electron chi connectivity index (χ1n) is 5.56. The number of hydrogen-bond donors (Lipinski definition) is 1. The summed E-state index contributed by atoms with van der Waals surface area (Å²) in [4.78, 5) is 20.4. The van der Waals surface area contributed by atoms with Gasteiger partial charge >= 0.3 is 0 Å². The van der Waals surface area contributed by atoms with Crippen molar-refractivity contribution in [3.8, 4) is 0 Å². The van der Waals surface area contributed by atoms with Crippen LogP contribution in [0, 0.1) is 27.2 Å². The maximum Gasteiger partial charge on any atom is 0.299 e. The van der Waals surface area contributed by atoms with Crippen molar-refractivity contribution in [2.45, 2.75) is 33.2 Å². The molecule has 0 aliphatic carbocycles. The summed E-state index contributed by atoms with van der Waals surface area (Å²) in [5.41, 5.74) is 0.312. The fraction of sp³-hybridized carbons (Fsp3) is 0.455. The second-order valence-corrected chi connectivity index (χ2v) is 4.12. The number of aryl methyl sites for hydroxylation is 1. The molecule has 7 nitrogen and oxygen atoms in total. The van der Waals surface area contributed by atoms with E-state index in [0.717, 1.165) is 12.5 Å². The van der Waals surface area contributed by atoms with Gasteiger partial charge in [-0.1, -0.05) is 6.92 Å². The summed E-state index contributed by atoms with van der Waals surface area (Å²) in [5, 5.41) is 24.7. The maximum absolute atomic E-state index is 11.0. The maximum atomic E-state index is 11.0. The smallest absolute Gasteiger partial charge is 0.299 e. The van der Waals surface area contributed by atoms with Crippen LogP contribution in [0.25, 0.3) is 0 Å². The van der Waals surface area contributed by atoms with Crippen molar-refractivity contribution in [2.75, 3.05) is 5.32 Å². The molecule has 0 saturated heterocycles. The van der Waals surface area contributed by atoms with E-state index in [4.69, 9.17) is 0 Å². The number of rotatable bonds is 5. The number of hydrogen-bond acceptors (Lipinski definition) is 5. The Bertz CT molecular complexity index is 487. The third-order valence-corrected chi connectivity index (χ3v) is 2.71. The standard InChI is InChI=1S/C11H15N3O4/c1-4-8(3)12-11-7(2)5-9(13(15)16)6-10(11)14(17)18/h5-6,8,12H,4H2,1-3H3/t8-/m1/s1. The van der Waals surface area contributed by atoms with Gasteiger partial charge in [-0.25, -0.2) is 0 Å². The molecular formula is C11H15N3O4. The average Bonchev–Trinajstić information content (AvgIpc) is 2.30. The lowest BCUT2D eigenvalue weighted by atomic mass is 10.1. The van der Waals surface area contributed by atoms with Crippen LogP contribution < -0.4 is 5.32 Å². The van der Waals surface area contributed by atoms with Crippen LogP contribution in [0.5, 0.6) is 0 Å². The lowest BCUT2D eigenvalue weighted by Crippen LogP contribution is -2.15. The van der Waals surface area contributed by atoms with E-state index in [1.54, 1.807) is 6.92 Å². The van der Waals surface area contributed by atoms with E-state index in [1.165, 1.54) is 6.07 Å². The quantitative estimate of drug-likeness (QED) is 0.642. The molecule has 0 bridgehead atoms. The highest BCUT2D eigenvalue weighted by molar-refractivity contribution is 5.70. The molecule has 7 heteroatoms. The van der Waals surface area contributed by atoms with Gasteiger partial charge in [-0.15, -0.1) is 0 Å². The molecule has 0 fully saturated rings. The predicted octanol–water partition coefficient (Wildman–Crippen LogP) is 3.02. The lowest BCUT2D eigenvalue weighted by Gasteiger charge is -2.15. The third kappa shape index (κ3) is 2.93. The summed E-state index contributed by atoms with van der Waals surface area (Å²) in [6, 6.07) is 2.37. The second-order valence-electron chi connectivity index (χ2n) is 4.12. The number of nitrogens with zero attached hydrogens (tertiary/aromatic N) is 2. The lowest BCUT2D eigenvalue weighted by molar-refractivity contribution is -0.393. The van der Waals surface area contributed by atoms with Crippen LogP contribution in [0.15, 0.2) is 12.1 Å². The van der Waals surface area contributed by atoms with Gasteiger partial charge in [0.2, 0.25) is 0 Å². The molecule has 0 heterocycles. The fourth-order valence-electron chi connectivity index (χ4n) is 1.54. The minimum Gasteiger partial charge on any atom is -0.377 e. The van der Waals surface area contributed by atoms with Crippen molar-refractivity contribution in [1.82, 2.24) is 0 Å². The van der Waals surface area contributed by atoms with Crippen molar-refractivity contribution in [3.63, 3.8) is 0 Å². The number of non-ortho nitro benzene ring substituents is 1. The molecule has 0 amide bonds. The Morgan fingerprint density at radius 2 is 1.89 bits per heavy atom. The molecule has 0 aliphatic rings. The molecule has 98 valence electrons. The van der Waals surface area contributed by atoms with Gasteiger partial charge < -0.3 is 5.32 Å². The van der Waals surface area contributed by atoms with E-state index < -0.39 is 9.85 Å². The molecular weight excluding hydrogens is 238 g/mol. The van der Waals surface area contributed by atoms with Crippen LogP contribution >= 0.6 is 0 Å². The van der Waals surface area contributed by atoms with Crippen LogP contribution in [0.4, 0.5) is 17.1 Å². The summed E-state index contributed by atoms with van der Waals surface area (Å²) in [6.07, 6.45) is 0.799. The zero-order chi connectivity index (χ0) is 13.9. The molecule has 0 unspecified atom stereocenters. The van der Waals surface area contributed by atoms with Crippen LogP contribution in [0.3, 0.4) is 0 Å². The molecule has 0 aromatic heterocycles. The van der Waals surface area contributed by atoms with Crippen LogP contribution in [0.2, 0.25) is 0 Å². The van der Waals surface area contributed by atoms with Crippen LogP contribution in [-0.2, 0) is 0 Å². The first kappa shape index (κ1) is 13.9. The van der Waals surface area contributed by atoms with Gasteiger partial charge in [0.1, 0.15) is 5.69 Å². The van der Waals surface area contributed by atoms with Gasteiger partial charge in [-0.05, 0) is 25.8 Å². The zero-order valence-electron chi connectivity index (χ0n) is 10.5. The zero-order valence-corrected chi connectivity index (χ0v) is 10.5. The van der Waals surface area contributed by atoms with E-state index in [0.29, 0.717) is 11.3 Å². The number of nitro benzene ring substituents is 2. The van der Waals surface area contributed by atoms with Gasteiger partial charge in [-0.3, -0.25) is 20.2 Å². The predicted molar refractivity (Wildman–Crippen MR) is 67.9 cm³/mol. The summed E-state index contributed by atoms with van der Waals surface area (Å²) in [5.74, 6) is 0. The van der Waals surface area contributed by atoms with Crippen molar-refractivity contribution < 1.29 is 9.85 Å². The van der Waals surface area contributed by atoms with Gasteiger partial charge in [-0.2, -0.15) is 0 Å². The number of nitro groups is 2. The number of nitrogens with one attached hydrogen (secondary N) is 1. The minimum absolute atomic E-state index is 0.0591. The molecule has 0 saturated carbocycles. The molecule has 0 radical (unpaired) electrons. The number of benzene rings is 1. The summed E-state index contributed by atoms with van der Waals surface area (Å²) < 4.78 is 0. The summed E-state index contributed by atoms with van der Waals surface area (Å²) in [7, 11) is 0. The van der Waals surface area contributed by atoms with Crippen molar-refractivity contribution in [1.29, 1.82) is 0 Å². The topological polar surface area (TPSA) is 98.3 Å². The highest BCUT2D eigenvalue weighted by Gasteiger charge is 2.22. The Kier molecular flexibility index (Phi) is 4.19. The first-order chi connectivity index (χ1) is 8.36. The number of anilines is 1. The van der Waals surface area contributed by atoms with Crippen LogP contribution in [-0.4, -0.2) is 15.9 Å². The van der Waals surface area contributed by atoms with Gasteiger partial charge in [0.25, 0.3) is 11.4 Å². The van der Waals surface area contributed by atoms with Crippen LogP contribution in [0.1, 0.15) is 25.8 Å². The monoisotopic (exact) mass is 253 g/mol. The first-order valence-corrected chi connectivity index (χ1v) is 5.56. The van der Waals surface area contributed by atoms with Crippen molar-refractivity contribution in [3.05, 3.63) is 37.9 Å². The van der Waals surface area contributed by atoms with E-state index in [9.17, 15) is 20.2 Å². The van der Waals surface area contributed by atoms with E-state index >= 15 is 0 Å². The normalized spacial score (nSPS) is 11.9. The van der Waals surface area contributed by atoms with Gasteiger partial charge in [0, 0.05) is 12.1 Å². The van der Waals surface area contributed by atoms with E-state index in [-0.39, 0.29) is 17.4 Å². The van der Waals surface area contributed by atoms with E-state index in [2.05, 4.69) is 5.32 Å². The Balaban J connectivity index is 3.31. The molecule has 18 heavy (non-hydrogen) atoms. The summed E-state index contributed by atoms with van der Waals surface area (Å²) >= 11 is 0. The SMILES string of the molecule is CC[C@@H](C)Nc1c(C)cc([N+](=O)[O-])cc1[N+](=O)[O-]. The minimum atomic E-state index is -0.632. The summed E-state index contributed by atoms with van der Waals surface area (Å²) in [6.45, 7) is 5.46. The van der Waals surface area contributed by atoms with Gasteiger partial charge in [0.05, 0.1) is 15.9 Å². The Morgan fingerprint density at radius 3 is 2.33 bits per heavy atom. The van der Waals surface area contributed by atoms with E-state index in [1.807, 2.05) is 13.8 Å². The molecule has 1 aromatic rings. The molecule has 0 spiro atoms. The highest BCUT2D eigenvalue weighted by Crippen LogP contribution is 2.33. The largest absolute Gasteiger partial charge is 0.377 e. The van der Waals surface area contributed by atoms with Crippen molar-refractivity contribution >= 4 is 17.1 Å². The second kappa shape index (κ2) is 5.44. The Labute approximate surface area is 104 Å². The van der Waals surface area contributed by atoms with Crippen molar-refractivity contribution in [2.24, 2.45) is 0 Å². The molecule has 1 aromatic carbocycles. The molecule has 0 aliphatic heterocycles. The molecule has 1 N–H and O–H groups in total. The Morgan fingerprint density at radius 1 is 1.28 bits per heavy atom. The Hall–Kier alpha value is -2.18. The third-order valence-electron chi connectivity index (χ3n) is 2.71. The highest BCUT2D eigenvalue weighted by atomic mass is 16.6. The molecule has 1 rings (SSSR count).